The highest BCUT2D eigenvalue weighted by atomic mass is 35.5. The summed E-state index contributed by atoms with van der Waals surface area (Å²) in [7, 11) is 0. The van der Waals surface area contributed by atoms with Gasteiger partial charge < -0.3 is 10.2 Å². The topological polar surface area (TPSA) is 58.3 Å². The molecule has 0 spiro atoms. The van der Waals surface area contributed by atoms with Crippen LogP contribution in [-0.4, -0.2) is 20.0 Å². The predicted molar refractivity (Wildman–Crippen MR) is 94.8 cm³/mol. The standard InChI is InChI=1S/C19H13ClN2O2/c20-17-9-14-11-21-22(18(14)10-19(17)24)15-5-1-12(2-6-15)13-3-7-16(23)8-4-13/h1-11,23-24H. The summed E-state index contributed by atoms with van der Waals surface area (Å²) in [6, 6.07) is 18.3. The van der Waals surface area contributed by atoms with Gasteiger partial charge in [-0.1, -0.05) is 35.9 Å². The molecule has 0 aliphatic carbocycles. The van der Waals surface area contributed by atoms with Crippen LogP contribution in [0.3, 0.4) is 0 Å². The number of nitrogens with zero attached hydrogens (tertiary/aromatic N) is 2. The fourth-order valence-electron chi connectivity index (χ4n) is 2.69. The summed E-state index contributed by atoms with van der Waals surface area (Å²) in [4.78, 5) is 0. The van der Waals surface area contributed by atoms with E-state index in [9.17, 15) is 10.2 Å². The average Bonchev–Trinajstić information content (AvgIpc) is 2.99. The van der Waals surface area contributed by atoms with Crippen LogP contribution in [0.5, 0.6) is 11.5 Å². The summed E-state index contributed by atoms with van der Waals surface area (Å²) >= 11 is 5.94. The van der Waals surface area contributed by atoms with E-state index < -0.39 is 0 Å². The number of hydrogen-bond acceptors (Lipinski definition) is 3. The SMILES string of the molecule is Oc1ccc(-c2ccc(-n3ncc4cc(Cl)c(O)cc43)cc2)cc1. The molecule has 0 fully saturated rings. The van der Waals surface area contributed by atoms with E-state index in [0.29, 0.717) is 5.02 Å². The minimum Gasteiger partial charge on any atom is -0.508 e. The summed E-state index contributed by atoms with van der Waals surface area (Å²) in [6.45, 7) is 0. The average molecular weight is 337 g/mol. The molecule has 0 saturated heterocycles. The molecule has 1 aromatic heterocycles. The van der Waals surface area contributed by atoms with Crippen LogP contribution in [0.1, 0.15) is 0 Å². The highest BCUT2D eigenvalue weighted by Gasteiger charge is 2.09. The predicted octanol–water partition coefficient (Wildman–Crippen LogP) is 4.76. The maximum absolute atomic E-state index is 9.83. The van der Waals surface area contributed by atoms with Gasteiger partial charge in [0.1, 0.15) is 11.5 Å². The van der Waals surface area contributed by atoms with Gasteiger partial charge in [0, 0.05) is 11.5 Å². The maximum Gasteiger partial charge on any atom is 0.136 e. The second-order valence-corrected chi connectivity index (χ2v) is 5.92. The first-order valence-corrected chi connectivity index (χ1v) is 7.76. The van der Waals surface area contributed by atoms with Crippen LogP contribution in [0.4, 0.5) is 0 Å². The van der Waals surface area contributed by atoms with Gasteiger partial charge in [-0.25, -0.2) is 4.68 Å². The van der Waals surface area contributed by atoms with Crippen molar-refractivity contribution in [3.05, 3.63) is 71.9 Å². The number of aromatic nitrogens is 2. The fourth-order valence-corrected chi connectivity index (χ4v) is 2.86. The Kier molecular flexibility index (Phi) is 3.40. The first-order valence-electron chi connectivity index (χ1n) is 7.38. The van der Waals surface area contributed by atoms with Gasteiger partial charge in [0.15, 0.2) is 0 Å². The quantitative estimate of drug-likeness (QED) is 0.555. The summed E-state index contributed by atoms with van der Waals surface area (Å²) in [5.74, 6) is 0.281. The smallest absolute Gasteiger partial charge is 0.136 e. The molecule has 3 aromatic carbocycles. The summed E-state index contributed by atoms with van der Waals surface area (Å²) in [5, 5.41) is 24.7. The molecule has 118 valence electrons. The zero-order valence-electron chi connectivity index (χ0n) is 12.5. The third-order valence-corrected chi connectivity index (χ3v) is 4.25. The Hall–Kier alpha value is -2.98. The third kappa shape index (κ3) is 2.47. The largest absolute Gasteiger partial charge is 0.508 e. The van der Waals surface area contributed by atoms with Gasteiger partial charge in [-0.05, 0) is 41.5 Å². The second kappa shape index (κ2) is 5.58. The van der Waals surface area contributed by atoms with Gasteiger partial charge in [0.2, 0.25) is 0 Å². The van der Waals surface area contributed by atoms with E-state index >= 15 is 0 Å². The molecular weight excluding hydrogens is 324 g/mol. The number of halogens is 1. The summed E-state index contributed by atoms with van der Waals surface area (Å²) < 4.78 is 1.76. The number of phenolic OH excluding ortho intramolecular Hbond substituents is 2. The van der Waals surface area contributed by atoms with Crippen LogP contribution in [0, 0.1) is 0 Å². The molecule has 0 aliphatic rings. The molecule has 24 heavy (non-hydrogen) atoms. The number of aromatic hydroxyl groups is 2. The molecule has 4 aromatic rings. The zero-order chi connectivity index (χ0) is 16.7. The molecular formula is C19H13ClN2O2. The van der Waals surface area contributed by atoms with Crippen LogP contribution in [0.25, 0.3) is 27.7 Å². The molecule has 0 unspecified atom stereocenters. The molecule has 0 bridgehead atoms. The van der Waals surface area contributed by atoms with Gasteiger partial charge in [-0.2, -0.15) is 5.10 Å². The van der Waals surface area contributed by atoms with Crippen LogP contribution >= 0.6 is 11.6 Å². The molecule has 1 heterocycles. The van der Waals surface area contributed by atoms with Gasteiger partial charge >= 0.3 is 0 Å². The Morgan fingerprint density at radius 1 is 0.833 bits per heavy atom. The molecule has 4 rings (SSSR count). The zero-order valence-corrected chi connectivity index (χ0v) is 13.3. The van der Waals surface area contributed by atoms with Crippen molar-refractivity contribution < 1.29 is 10.2 Å². The van der Waals surface area contributed by atoms with Crippen LogP contribution in [0.2, 0.25) is 5.02 Å². The van der Waals surface area contributed by atoms with Crippen molar-refractivity contribution in [2.45, 2.75) is 0 Å². The van der Waals surface area contributed by atoms with Crippen molar-refractivity contribution in [2.75, 3.05) is 0 Å². The van der Waals surface area contributed by atoms with Crippen LogP contribution < -0.4 is 0 Å². The van der Waals surface area contributed by atoms with Crippen molar-refractivity contribution >= 4 is 22.5 Å². The molecule has 0 aliphatic heterocycles. The monoisotopic (exact) mass is 336 g/mol. The van der Waals surface area contributed by atoms with E-state index in [1.165, 1.54) is 0 Å². The van der Waals surface area contributed by atoms with E-state index in [4.69, 9.17) is 11.6 Å². The lowest BCUT2D eigenvalue weighted by molar-refractivity contribution is 0.475. The van der Waals surface area contributed by atoms with Crippen molar-refractivity contribution in [3.63, 3.8) is 0 Å². The van der Waals surface area contributed by atoms with Gasteiger partial charge in [-0.15, -0.1) is 0 Å². The Bertz CT molecular complexity index is 1020. The first-order chi connectivity index (χ1) is 11.6. The summed E-state index contributed by atoms with van der Waals surface area (Å²) in [5.41, 5.74) is 3.73. The minimum atomic E-state index is 0.0339. The van der Waals surface area contributed by atoms with Crippen molar-refractivity contribution in [2.24, 2.45) is 0 Å². The normalized spacial score (nSPS) is 11.0. The van der Waals surface area contributed by atoms with E-state index in [1.807, 2.05) is 36.4 Å². The summed E-state index contributed by atoms with van der Waals surface area (Å²) in [6.07, 6.45) is 1.72. The number of phenols is 2. The Balaban J connectivity index is 1.75. The van der Waals surface area contributed by atoms with Gasteiger partial charge in [0.05, 0.1) is 22.4 Å². The maximum atomic E-state index is 9.83. The molecule has 0 atom stereocenters. The van der Waals surface area contributed by atoms with E-state index in [-0.39, 0.29) is 11.5 Å². The van der Waals surface area contributed by atoms with Gasteiger partial charge in [0.25, 0.3) is 0 Å². The Morgan fingerprint density at radius 3 is 2.12 bits per heavy atom. The first kappa shape index (κ1) is 14.6. The van der Waals surface area contributed by atoms with Crippen LogP contribution in [0.15, 0.2) is 66.9 Å². The van der Waals surface area contributed by atoms with Crippen molar-refractivity contribution in [3.8, 4) is 28.3 Å². The molecule has 5 heteroatoms. The second-order valence-electron chi connectivity index (χ2n) is 5.51. The van der Waals surface area contributed by atoms with E-state index in [0.717, 1.165) is 27.7 Å². The Morgan fingerprint density at radius 2 is 1.46 bits per heavy atom. The molecule has 0 radical (unpaired) electrons. The van der Waals surface area contributed by atoms with E-state index in [1.54, 1.807) is 35.1 Å². The highest BCUT2D eigenvalue weighted by molar-refractivity contribution is 6.32. The number of hydrogen-bond donors (Lipinski definition) is 2. The lowest BCUT2D eigenvalue weighted by Crippen LogP contribution is -1.95. The van der Waals surface area contributed by atoms with Crippen molar-refractivity contribution in [1.29, 1.82) is 0 Å². The molecule has 2 N–H and O–H groups in total. The minimum absolute atomic E-state index is 0.0339. The Labute approximate surface area is 143 Å². The molecule has 0 saturated carbocycles. The lowest BCUT2D eigenvalue weighted by atomic mass is 10.1. The third-order valence-electron chi connectivity index (χ3n) is 3.95. The number of rotatable bonds is 2. The molecule has 4 nitrogen and oxygen atoms in total. The highest BCUT2D eigenvalue weighted by Crippen LogP contribution is 2.30. The lowest BCUT2D eigenvalue weighted by Gasteiger charge is -2.07. The van der Waals surface area contributed by atoms with E-state index in [2.05, 4.69) is 5.10 Å². The fraction of sp³-hybridized carbons (Fsp3) is 0. The van der Waals surface area contributed by atoms with Crippen LogP contribution in [-0.2, 0) is 0 Å². The van der Waals surface area contributed by atoms with Crippen molar-refractivity contribution in [1.82, 2.24) is 9.78 Å². The van der Waals surface area contributed by atoms with Gasteiger partial charge in [-0.3, -0.25) is 0 Å². The molecule has 0 amide bonds. The number of benzene rings is 3. The number of fused-ring (bicyclic) bond motifs is 1.